The molecule has 5 aliphatic rings. The summed E-state index contributed by atoms with van der Waals surface area (Å²) in [4.78, 5) is 71.4. The number of piperazine rings is 1. The molecule has 1 aliphatic carbocycles. The number of benzene rings is 3. The van der Waals surface area contributed by atoms with Gasteiger partial charge in [0, 0.05) is 86.4 Å². The van der Waals surface area contributed by atoms with E-state index in [0.717, 1.165) is 86.9 Å². The summed E-state index contributed by atoms with van der Waals surface area (Å²) in [6.07, 6.45) is 3.84. The number of amides is 5. The molecule has 0 spiro atoms. The van der Waals surface area contributed by atoms with E-state index in [1.165, 1.54) is 0 Å². The molecule has 1 saturated carbocycles. The molecule has 3 N–H and O–H groups in total. The van der Waals surface area contributed by atoms with E-state index in [1.807, 2.05) is 36.4 Å². The monoisotopic (exact) mass is 748 g/mol. The molecule has 1 unspecified atom stereocenters. The third kappa shape index (κ3) is 6.99. The van der Waals surface area contributed by atoms with E-state index in [4.69, 9.17) is 16.9 Å². The summed E-state index contributed by atoms with van der Waals surface area (Å²) in [5.41, 5.74) is 4.57. The second-order valence-electron chi connectivity index (χ2n) is 14.8. The average Bonchev–Trinajstić information content (AvgIpc) is 3.40. The molecule has 4 aliphatic heterocycles. The Balaban J connectivity index is 0.775. The van der Waals surface area contributed by atoms with E-state index < -0.39 is 29.7 Å². The fourth-order valence-electron chi connectivity index (χ4n) is 8.30. The van der Waals surface area contributed by atoms with Gasteiger partial charge in [0.1, 0.15) is 12.1 Å². The Morgan fingerprint density at radius 1 is 0.778 bits per heavy atom. The number of carbonyl (C=O) groups excluding carboxylic acids is 5. The highest BCUT2D eigenvalue weighted by Crippen LogP contribution is 2.33. The van der Waals surface area contributed by atoms with Crippen molar-refractivity contribution in [1.82, 2.24) is 20.4 Å². The molecule has 0 radical (unpaired) electrons. The van der Waals surface area contributed by atoms with Gasteiger partial charge in [-0.15, -0.1) is 0 Å². The smallest absolute Gasteiger partial charge is 0.262 e. The van der Waals surface area contributed by atoms with E-state index in [1.54, 1.807) is 24.3 Å². The molecular formula is C40H41ClN8O5. The van der Waals surface area contributed by atoms with Crippen molar-refractivity contribution in [3.05, 3.63) is 87.9 Å². The number of nitriles is 1. The molecule has 13 nitrogen and oxygen atoms in total. The standard InChI is InChI=1S/C40H41ClN8O5/c41-34-19-28(4-1-25(34)21-42)43-26-5-7-27(8-6-26)44-37(51)24-2-9-29(10-3-24)46-15-17-47(18-16-46)31-22-48(23-31)30-11-12-32-33(20-30)40(54)49(39(32)53)35-13-14-36(50)45-38(35)52/h1-4,9-12,19-20,26-27,31,35,43H,5-8,13-18,22-23H2,(H,44,51)(H,45,50,52)/t26-,27-,35?. The van der Waals surface area contributed by atoms with Crippen molar-refractivity contribution >= 4 is 58.2 Å². The highest BCUT2D eigenvalue weighted by molar-refractivity contribution is 6.32. The van der Waals surface area contributed by atoms with Crippen LogP contribution < -0.4 is 25.8 Å². The highest BCUT2D eigenvalue weighted by Gasteiger charge is 2.45. The first-order valence-electron chi connectivity index (χ1n) is 18.6. The number of hydrogen-bond acceptors (Lipinski definition) is 10. The zero-order chi connectivity index (χ0) is 37.5. The van der Waals surface area contributed by atoms with Crippen molar-refractivity contribution in [3.8, 4) is 6.07 Å². The average molecular weight is 749 g/mol. The lowest BCUT2D eigenvalue weighted by Crippen LogP contribution is -2.63. The number of nitrogens with one attached hydrogen (secondary N) is 3. The van der Waals surface area contributed by atoms with Crippen LogP contribution in [0.25, 0.3) is 0 Å². The maximum atomic E-state index is 13.3. The first-order chi connectivity index (χ1) is 26.1. The number of rotatable bonds is 8. The Hall–Kier alpha value is -5.45. The lowest BCUT2D eigenvalue weighted by atomic mass is 9.90. The molecular weight excluding hydrogens is 708 g/mol. The fraction of sp³-hybridized carbons (Fsp3) is 0.400. The van der Waals surface area contributed by atoms with Gasteiger partial charge in [0.15, 0.2) is 0 Å². The van der Waals surface area contributed by atoms with E-state index >= 15 is 0 Å². The largest absolute Gasteiger partial charge is 0.382 e. The van der Waals surface area contributed by atoms with E-state index in [-0.39, 0.29) is 36.4 Å². The maximum Gasteiger partial charge on any atom is 0.262 e. The minimum Gasteiger partial charge on any atom is -0.382 e. The summed E-state index contributed by atoms with van der Waals surface area (Å²) < 4.78 is 0. The number of hydrogen-bond donors (Lipinski definition) is 3. The summed E-state index contributed by atoms with van der Waals surface area (Å²) in [6, 6.07) is 20.4. The van der Waals surface area contributed by atoms with Crippen molar-refractivity contribution in [2.24, 2.45) is 0 Å². The Bertz CT molecular complexity index is 2050. The number of piperidine rings is 1. The maximum absolute atomic E-state index is 13.3. The van der Waals surface area contributed by atoms with Gasteiger partial charge < -0.3 is 20.4 Å². The van der Waals surface area contributed by atoms with Crippen molar-refractivity contribution in [1.29, 1.82) is 5.26 Å². The summed E-state index contributed by atoms with van der Waals surface area (Å²) >= 11 is 6.18. The van der Waals surface area contributed by atoms with Gasteiger partial charge in [-0.3, -0.25) is 39.1 Å². The van der Waals surface area contributed by atoms with Gasteiger partial charge >= 0.3 is 0 Å². The van der Waals surface area contributed by atoms with Crippen molar-refractivity contribution in [2.75, 3.05) is 54.4 Å². The molecule has 3 saturated heterocycles. The number of fused-ring (bicyclic) bond motifs is 1. The number of anilines is 3. The van der Waals surface area contributed by atoms with Crippen LogP contribution in [0.3, 0.4) is 0 Å². The molecule has 4 fully saturated rings. The molecule has 4 heterocycles. The van der Waals surface area contributed by atoms with E-state index in [9.17, 15) is 24.0 Å². The minimum absolute atomic E-state index is 0.0535. The van der Waals surface area contributed by atoms with Gasteiger partial charge in [0.2, 0.25) is 11.8 Å². The van der Waals surface area contributed by atoms with Crippen molar-refractivity contribution < 1.29 is 24.0 Å². The normalized spacial score (nSPS) is 23.4. The van der Waals surface area contributed by atoms with Crippen LogP contribution in [0.5, 0.6) is 0 Å². The second kappa shape index (κ2) is 14.8. The van der Waals surface area contributed by atoms with Crippen LogP contribution >= 0.6 is 11.6 Å². The molecule has 3 aromatic rings. The SMILES string of the molecule is N#Cc1ccc(N[C@H]2CC[C@H](NC(=O)c3ccc(N4CCN(C5CN(c6ccc7c(c6)C(=O)N(C6CCC(=O)NC6=O)C7=O)C5)CC4)cc3)CC2)cc1Cl. The Labute approximate surface area is 318 Å². The van der Waals surface area contributed by atoms with Crippen LogP contribution in [0, 0.1) is 11.3 Å². The van der Waals surface area contributed by atoms with Crippen LogP contribution in [-0.4, -0.2) is 103 Å². The molecule has 54 heavy (non-hydrogen) atoms. The van der Waals surface area contributed by atoms with Crippen molar-refractivity contribution in [2.45, 2.75) is 62.7 Å². The van der Waals surface area contributed by atoms with Gasteiger partial charge in [-0.05, 0) is 92.8 Å². The molecule has 0 aromatic heterocycles. The fourth-order valence-corrected chi connectivity index (χ4v) is 8.53. The number of nitrogens with zero attached hydrogens (tertiary/aromatic N) is 5. The van der Waals surface area contributed by atoms with Crippen LogP contribution in [0.15, 0.2) is 60.7 Å². The Kier molecular flexibility index (Phi) is 9.72. The van der Waals surface area contributed by atoms with E-state index in [0.29, 0.717) is 27.8 Å². The molecule has 5 amide bonds. The lowest BCUT2D eigenvalue weighted by Gasteiger charge is -2.49. The second-order valence-corrected chi connectivity index (χ2v) is 15.2. The molecule has 14 heteroatoms. The van der Waals surface area contributed by atoms with Gasteiger partial charge in [-0.1, -0.05) is 11.6 Å². The first-order valence-corrected chi connectivity index (χ1v) is 19.0. The number of imide groups is 2. The van der Waals surface area contributed by atoms with Crippen LogP contribution in [0.2, 0.25) is 5.02 Å². The minimum atomic E-state index is -0.975. The van der Waals surface area contributed by atoms with E-state index in [2.05, 4.69) is 36.7 Å². The predicted octanol–water partition coefficient (Wildman–Crippen LogP) is 3.78. The Morgan fingerprint density at radius 3 is 2.15 bits per heavy atom. The zero-order valence-corrected chi connectivity index (χ0v) is 30.5. The molecule has 3 aromatic carbocycles. The molecule has 1 atom stereocenters. The number of halogens is 1. The van der Waals surface area contributed by atoms with Crippen LogP contribution in [-0.2, 0) is 9.59 Å². The van der Waals surface area contributed by atoms with Crippen LogP contribution in [0.1, 0.15) is 75.2 Å². The lowest BCUT2D eigenvalue weighted by molar-refractivity contribution is -0.136. The first kappa shape index (κ1) is 35.6. The summed E-state index contributed by atoms with van der Waals surface area (Å²) in [6.45, 7) is 5.19. The summed E-state index contributed by atoms with van der Waals surface area (Å²) in [5.74, 6) is -2.05. The van der Waals surface area contributed by atoms with Gasteiger partial charge in [-0.2, -0.15) is 5.26 Å². The number of carbonyl (C=O) groups is 5. The van der Waals surface area contributed by atoms with Gasteiger partial charge in [0.05, 0.1) is 21.7 Å². The van der Waals surface area contributed by atoms with Crippen molar-refractivity contribution in [3.63, 3.8) is 0 Å². The van der Waals surface area contributed by atoms with Gasteiger partial charge in [0.25, 0.3) is 17.7 Å². The van der Waals surface area contributed by atoms with Crippen LogP contribution in [0.4, 0.5) is 17.1 Å². The van der Waals surface area contributed by atoms with Gasteiger partial charge in [-0.25, -0.2) is 0 Å². The molecule has 8 rings (SSSR count). The summed E-state index contributed by atoms with van der Waals surface area (Å²) in [7, 11) is 0. The topological polar surface area (TPSA) is 158 Å². The third-order valence-corrected chi connectivity index (χ3v) is 11.8. The third-order valence-electron chi connectivity index (χ3n) is 11.5. The predicted molar refractivity (Wildman–Crippen MR) is 203 cm³/mol. The highest BCUT2D eigenvalue weighted by atomic mass is 35.5. The quantitative estimate of drug-likeness (QED) is 0.290. The zero-order valence-electron chi connectivity index (χ0n) is 29.7. The molecule has 278 valence electrons. The molecule has 0 bridgehead atoms. The summed E-state index contributed by atoms with van der Waals surface area (Å²) in [5, 5.41) is 18.5. The Morgan fingerprint density at radius 2 is 1.46 bits per heavy atom.